The van der Waals surface area contributed by atoms with Gasteiger partial charge >= 0.3 is 5.97 Å². The summed E-state index contributed by atoms with van der Waals surface area (Å²) in [5.74, 6) is -0.842. The lowest BCUT2D eigenvalue weighted by Gasteiger charge is -2.36. The molecule has 0 saturated carbocycles. The van der Waals surface area contributed by atoms with E-state index in [-0.39, 0.29) is 18.4 Å². The van der Waals surface area contributed by atoms with Crippen molar-refractivity contribution in [1.29, 1.82) is 0 Å². The van der Waals surface area contributed by atoms with E-state index < -0.39 is 11.6 Å². The van der Waals surface area contributed by atoms with E-state index >= 15 is 0 Å². The SMILES string of the molecule is CCC(CC(=O)O)c1ccc(N2CCCC2C(C)(C)O)c(Nc2ccc(Cl)cc2)c1. The van der Waals surface area contributed by atoms with Gasteiger partial charge in [0.2, 0.25) is 0 Å². The van der Waals surface area contributed by atoms with Gasteiger partial charge in [-0.1, -0.05) is 24.6 Å². The lowest BCUT2D eigenvalue weighted by molar-refractivity contribution is -0.137. The van der Waals surface area contributed by atoms with Crippen LogP contribution in [0.5, 0.6) is 0 Å². The summed E-state index contributed by atoms with van der Waals surface area (Å²) in [6.45, 7) is 6.60. The highest BCUT2D eigenvalue weighted by Gasteiger charge is 2.37. The second kappa shape index (κ2) is 9.27. The normalized spacial score (nSPS) is 17.8. The minimum absolute atomic E-state index is 0.0232. The summed E-state index contributed by atoms with van der Waals surface area (Å²) in [4.78, 5) is 13.6. The minimum atomic E-state index is -0.817. The molecular weight excluding hydrogens is 400 g/mol. The first kappa shape index (κ1) is 22.4. The van der Waals surface area contributed by atoms with Gasteiger partial charge in [-0.05, 0) is 81.0 Å². The van der Waals surface area contributed by atoms with Crippen LogP contribution >= 0.6 is 11.6 Å². The largest absolute Gasteiger partial charge is 0.481 e. The minimum Gasteiger partial charge on any atom is -0.481 e. The highest BCUT2D eigenvalue weighted by atomic mass is 35.5. The van der Waals surface area contributed by atoms with Gasteiger partial charge in [-0.2, -0.15) is 0 Å². The molecule has 5 nitrogen and oxygen atoms in total. The second-order valence-electron chi connectivity index (χ2n) is 8.62. The van der Waals surface area contributed by atoms with E-state index in [9.17, 15) is 15.0 Å². The maximum atomic E-state index is 11.3. The zero-order valence-corrected chi connectivity index (χ0v) is 18.6. The molecule has 0 spiro atoms. The Bertz CT molecular complexity index is 877. The molecule has 2 atom stereocenters. The van der Waals surface area contributed by atoms with Crippen molar-refractivity contribution in [3.05, 3.63) is 53.1 Å². The lowest BCUT2D eigenvalue weighted by atomic mass is 9.91. The number of rotatable bonds is 8. The van der Waals surface area contributed by atoms with Gasteiger partial charge in [0.25, 0.3) is 0 Å². The molecule has 1 heterocycles. The topological polar surface area (TPSA) is 72.8 Å². The summed E-state index contributed by atoms with van der Waals surface area (Å²) in [6.07, 6.45) is 2.81. The van der Waals surface area contributed by atoms with Gasteiger partial charge in [0.05, 0.1) is 29.4 Å². The molecular formula is C24H31ClN2O3. The smallest absolute Gasteiger partial charge is 0.303 e. The Hall–Kier alpha value is -2.24. The molecule has 0 aromatic heterocycles. The average Bonchev–Trinajstić information content (AvgIpc) is 3.18. The molecule has 2 unspecified atom stereocenters. The third kappa shape index (κ3) is 5.27. The molecule has 1 saturated heterocycles. The first-order chi connectivity index (χ1) is 14.2. The summed E-state index contributed by atoms with van der Waals surface area (Å²) in [7, 11) is 0. The van der Waals surface area contributed by atoms with Crippen LogP contribution in [-0.4, -0.2) is 34.4 Å². The number of carboxylic acids is 1. The van der Waals surface area contributed by atoms with E-state index in [1.807, 2.05) is 51.1 Å². The maximum Gasteiger partial charge on any atom is 0.303 e. The van der Waals surface area contributed by atoms with Crippen molar-refractivity contribution in [3.63, 3.8) is 0 Å². The Morgan fingerprint density at radius 1 is 1.27 bits per heavy atom. The van der Waals surface area contributed by atoms with Crippen molar-refractivity contribution in [3.8, 4) is 0 Å². The zero-order chi connectivity index (χ0) is 21.9. The highest BCUT2D eigenvalue weighted by molar-refractivity contribution is 6.30. The number of carbonyl (C=O) groups is 1. The number of aliphatic hydroxyl groups is 1. The van der Waals surface area contributed by atoms with Gasteiger partial charge in [0, 0.05) is 17.3 Å². The number of halogens is 1. The number of hydrogen-bond donors (Lipinski definition) is 3. The van der Waals surface area contributed by atoms with Crippen molar-refractivity contribution >= 4 is 34.6 Å². The van der Waals surface area contributed by atoms with Crippen molar-refractivity contribution in [2.24, 2.45) is 0 Å². The van der Waals surface area contributed by atoms with Crippen LogP contribution in [0.15, 0.2) is 42.5 Å². The van der Waals surface area contributed by atoms with Gasteiger partial charge in [-0.25, -0.2) is 0 Å². The zero-order valence-electron chi connectivity index (χ0n) is 17.9. The van der Waals surface area contributed by atoms with E-state index in [1.165, 1.54) is 0 Å². The molecule has 0 aliphatic carbocycles. The Morgan fingerprint density at radius 3 is 2.57 bits per heavy atom. The Labute approximate surface area is 183 Å². The number of aliphatic carboxylic acids is 1. The van der Waals surface area contributed by atoms with Gasteiger partial charge < -0.3 is 20.4 Å². The Morgan fingerprint density at radius 2 is 1.97 bits per heavy atom. The predicted molar refractivity (Wildman–Crippen MR) is 123 cm³/mol. The molecule has 30 heavy (non-hydrogen) atoms. The summed E-state index contributed by atoms with van der Waals surface area (Å²) >= 11 is 6.03. The molecule has 1 aliphatic heterocycles. The highest BCUT2D eigenvalue weighted by Crippen LogP contribution is 2.39. The Kier molecular flexibility index (Phi) is 6.94. The number of nitrogens with one attached hydrogen (secondary N) is 1. The Balaban J connectivity index is 2.02. The summed E-state index contributed by atoms with van der Waals surface area (Å²) in [5, 5.41) is 24.2. The van der Waals surface area contributed by atoms with E-state index in [1.54, 1.807) is 0 Å². The molecule has 2 aromatic rings. The lowest BCUT2D eigenvalue weighted by Crippen LogP contribution is -2.46. The molecule has 1 aliphatic rings. The number of anilines is 3. The first-order valence-electron chi connectivity index (χ1n) is 10.6. The second-order valence-corrected chi connectivity index (χ2v) is 9.05. The first-order valence-corrected chi connectivity index (χ1v) is 10.9. The van der Waals surface area contributed by atoms with Crippen LogP contribution in [0.1, 0.15) is 57.9 Å². The van der Waals surface area contributed by atoms with Crippen LogP contribution in [0.3, 0.4) is 0 Å². The molecule has 6 heteroatoms. The van der Waals surface area contributed by atoms with Gasteiger partial charge in [-0.15, -0.1) is 0 Å². The number of carboxylic acid groups (broad SMARTS) is 1. The van der Waals surface area contributed by atoms with Crippen molar-refractivity contribution in [1.82, 2.24) is 0 Å². The number of hydrogen-bond acceptors (Lipinski definition) is 4. The third-order valence-corrected chi connectivity index (χ3v) is 6.16. The van der Waals surface area contributed by atoms with Crippen molar-refractivity contribution in [2.45, 2.75) is 64.0 Å². The fraction of sp³-hybridized carbons (Fsp3) is 0.458. The van der Waals surface area contributed by atoms with Crippen molar-refractivity contribution < 1.29 is 15.0 Å². The van der Waals surface area contributed by atoms with Crippen LogP contribution < -0.4 is 10.2 Å². The monoisotopic (exact) mass is 430 g/mol. The van der Waals surface area contributed by atoms with E-state index in [0.717, 1.165) is 48.4 Å². The van der Waals surface area contributed by atoms with Crippen LogP contribution in [-0.2, 0) is 4.79 Å². The van der Waals surface area contributed by atoms with E-state index in [4.69, 9.17) is 11.6 Å². The van der Waals surface area contributed by atoms with E-state index in [2.05, 4.69) is 22.3 Å². The maximum absolute atomic E-state index is 11.3. The molecule has 0 amide bonds. The molecule has 162 valence electrons. The average molecular weight is 431 g/mol. The predicted octanol–water partition coefficient (Wildman–Crippen LogP) is 5.79. The van der Waals surface area contributed by atoms with Gasteiger partial charge in [0.1, 0.15) is 0 Å². The molecule has 0 radical (unpaired) electrons. The van der Waals surface area contributed by atoms with E-state index in [0.29, 0.717) is 5.02 Å². The molecule has 3 N–H and O–H groups in total. The quantitative estimate of drug-likeness (QED) is 0.494. The fourth-order valence-corrected chi connectivity index (χ4v) is 4.47. The van der Waals surface area contributed by atoms with Crippen LogP contribution in [0.25, 0.3) is 0 Å². The van der Waals surface area contributed by atoms with Gasteiger partial charge in [-0.3, -0.25) is 4.79 Å². The number of benzene rings is 2. The number of nitrogens with zero attached hydrogens (tertiary/aromatic N) is 1. The molecule has 3 rings (SSSR count). The summed E-state index contributed by atoms with van der Waals surface area (Å²) < 4.78 is 0. The summed E-state index contributed by atoms with van der Waals surface area (Å²) in [5.41, 5.74) is 3.02. The molecule has 2 aromatic carbocycles. The molecule has 1 fully saturated rings. The standard InChI is InChI=1S/C24H31ClN2O3/c1-4-16(15-23(28)29)17-7-12-21(27-13-5-6-22(27)24(2,3)30)20(14-17)26-19-10-8-18(25)9-11-19/h7-12,14,16,22,26,30H,4-6,13,15H2,1-3H3,(H,28,29). The van der Waals surface area contributed by atoms with Crippen molar-refractivity contribution in [2.75, 3.05) is 16.8 Å². The fourth-order valence-electron chi connectivity index (χ4n) is 4.35. The van der Waals surface area contributed by atoms with Gasteiger partial charge in [0.15, 0.2) is 0 Å². The third-order valence-electron chi connectivity index (χ3n) is 5.91. The van der Waals surface area contributed by atoms with Crippen LogP contribution in [0.2, 0.25) is 5.02 Å². The van der Waals surface area contributed by atoms with Crippen LogP contribution in [0.4, 0.5) is 17.1 Å². The molecule has 0 bridgehead atoms. The summed E-state index contributed by atoms with van der Waals surface area (Å²) in [6, 6.07) is 13.7. The van der Waals surface area contributed by atoms with Crippen LogP contribution in [0, 0.1) is 0 Å².